The lowest BCUT2D eigenvalue weighted by atomic mass is 9.99. The van der Waals surface area contributed by atoms with Crippen molar-refractivity contribution in [3.8, 4) is 0 Å². The first kappa shape index (κ1) is 11.1. The fourth-order valence-corrected chi connectivity index (χ4v) is 2.28. The molecule has 0 radical (unpaired) electrons. The summed E-state index contributed by atoms with van der Waals surface area (Å²) in [6.07, 6.45) is 3.60. The smallest absolute Gasteiger partial charge is 0.308 e. The van der Waals surface area contributed by atoms with Crippen molar-refractivity contribution in [1.82, 2.24) is 14.5 Å². The Labute approximate surface area is 94.7 Å². The summed E-state index contributed by atoms with van der Waals surface area (Å²) in [5.74, 6) is -0.682. The van der Waals surface area contributed by atoms with Crippen molar-refractivity contribution in [2.24, 2.45) is 18.9 Å². The second-order valence-electron chi connectivity index (χ2n) is 4.61. The van der Waals surface area contributed by atoms with E-state index in [4.69, 9.17) is 5.11 Å². The Bertz CT molecular complexity index is 388. The van der Waals surface area contributed by atoms with Gasteiger partial charge in [-0.05, 0) is 5.92 Å². The van der Waals surface area contributed by atoms with Crippen molar-refractivity contribution in [2.45, 2.75) is 13.5 Å². The Balaban J connectivity index is 1.99. The van der Waals surface area contributed by atoms with Crippen LogP contribution in [0.2, 0.25) is 0 Å². The van der Waals surface area contributed by atoms with Gasteiger partial charge in [-0.25, -0.2) is 4.98 Å². The van der Waals surface area contributed by atoms with Crippen molar-refractivity contribution in [2.75, 3.05) is 13.1 Å². The van der Waals surface area contributed by atoms with E-state index in [0.717, 1.165) is 18.8 Å². The number of aromatic nitrogens is 2. The Morgan fingerprint density at radius 2 is 2.38 bits per heavy atom. The summed E-state index contributed by atoms with van der Waals surface area (Å²) < 4.78 is 1.97. The van der Waals surface area contributed by atoms with Crippen molar-refractivity contribution in [3.05, 3.63) is 18.2 Å². The lowest BCUT2D eigenvalue weighted by Gasteiger charge is -2.14. The number of aliphatic carboxylic acids is 1. The molecule has 0 bridgehead atoms. The number of carbonyl (C=O) groups is 1. The third kappa shape index (κ3) is 2.09. The molecule has 1 aromatic heterocycles. The number of rotatable bonds is 3. The standard InChI is InChI=1S/C11H17N3O2/c1-8-4-14(6-10(8)11(15)16)5-9-3-12-7-13(9)2/h3,7-8,10H,4-6H2,1-2H3,(H,15,16)/t8-,10-/m1/s1. The normalized spacial score (nSPS) is 26.1. The van der Waals surface area contributed by atoms with Crippen LogP contribution in [0.25, 0.3) is 0 Å². The highest BCUT2D eigenvalue weighted by molar-refractivity contribution is 5.71. The van der Waals surface area contributed by atoms with Crippen molar-refractivity contribution in [3.63, 3.8) is 0 Å². The molecule has 0 spiro atoms. The monoisotopic (exact) mass is 223 g/mol. The summed E-state index contributed by atoms with van der Waals surface area (Å²) in [6, 6.07) is 0. The molecule has 0 unspecified atom stereocenters. The van der Waals surface area contributed by atoms with Crippen molar-refractivity contribution >= 4 is 5.97 Å². The fourth-order valence-electron chi connectivity index (χ4n) is 2.28. The largest absolute Gasteiger partial charge is 0.481 e. The number of carboxylic acids is 1. The van der Waals surface area contributed by atoms with Gasteiger partial charge >= 0.3 is 5.97 Å². The van der Waals surface area contributed by atoms with Crippen LogP contribution in [-0.4, -0.2) is 38.6 Å². The Morgan fingerprint density at radius 1 is 1.62 bits per heavy atom. The molecule has 2 heterocycles. The Kier molecular flexibility index (Phi) is 2.96. The number of hydrogen-bond acceptors (Lipinski definition) is 3. The molecule has 1 aliphatic rings. The van der Waals surface area contributed by atoms with Crippen LogP contribution < -0.4 is 0 Å². The molecule has 88 valence electrons. The van der Waals surface area contributed by atoms with Gasteiger partial charge in [0.25, 0.3) is 0 Å². The molecule has 1 saturated heterocycles. The third-order valence-corrected chi connectivity index (χ3v) is 3.31. The van der Waals surface area contributed by atoms with Gasteiger partial charge in [0, 0.05) is 32.9 Å². The van der Waals surface area contributed by atoms with Crippen LogP contribution in [0.3, 0.4) is 0 Å². The second-order valence-corrected chi connectivity index (χ2v) is 4.61. The lowest BCUT2D eigenvalue weighted by molar-refractivity contribution is -0.142. The molecular formula is C11H17N3O2. The zero-order valence-electron chi connectivity index (χ0n) is 9.63. The quantitative estimate of drug-likeness (QED) is 0.814. The predicted molar refractivity (Wildman–Crippen MR) is 58.8 cm³/mol. The maximum atomic E-state index is 11.0. The number of aryl methyl sites for hydroxylation is 1. The summed E-state index contributed by atoms with van der Waals surface area (Å²) in [7, 11) is 1.95. The van der Waals surface area contributed by atoms with E-state index in [1.165, 1.54) is 0 Å². The van der Waals surface area contributed by atoms with Gasteiger partial charge in [0.2, 0.25) is 0 Å². The minimum Gasteiger partial charge on any atom is -0.481 e. The molecule has 16 heavy (non-hydrogen) atoms. The van der Waals surface area contributed by atoms with Gasteiger partial charge in [-0.3, -0.25) is 9.69 Å². The van der Waals surface area contributed by atoms with Crippen LogP contribution in [-0.2, 0) is 18.4 Å². The highest BCUT2D eigenvalue weighted by Gasteiger charge is 2.34. The number of nitrogens with zero attached hydrogens (tertiary/aromatic N) is 3. The molecule has 2 rings (SSSR count). The van der Waals surface area contributed by atoms with E-state index in [1.54, 1.807) is 6.33 Å². The first-order valence-corrected chi connectivity index (χ1v) is 5.48. The topological polar surface area (TPSA) is 58.4 Å². The molecule has 0 aliphatic carbocycles. The molecule has 1 fully saturated rings. The van der Waals surface area contributed by atoms with E-state index >= 15 is 0 Å². The molecule has 1 aromatic rings. The van der Waals surface area contributed by atoms with E-state index < -0.39 is 5.97 Å². The minimum atomic E-state index is -0.681. The van der Waals surface area contributed by atoms with Gasteiger partial charge in [0.05, 0.1) is 17.9 Å². The zero-order chi connectivity index (χ0) is 11.7. The molecule has 0 saturated carbocycles. The van der Waals surface area contributed by atoms with Crippen molar-refractivity contribution in [1.29, 1.82) is 0 Å². The van der Waals surface area contributed by atoms with Gasteiger partial charge in [0.15, 0.2) is 0 Å². The lowest BCUT2D eigenvalue weighted by Crippen LogP contribution is -2.23. The van der Waals surface area contributed by atoms with E-state index in [2.05, 4.69) is 9.88 Å². The van der Waals surface area contributed by atoms with Gasteiger partial charge in [-0.15, -0.1) is 0 Å². The molecule has 1 N–H and O–H groups in total. The second kappa shape index (κ2) is 4.25. The number of likely N-dealkylation sites (tertiary alicyclic amines) is 1. The van der Waals surface area contributed by atoms with Crippen LogP contribution in [0.15, 0.2) is 12.5 Å². The summed E-state index contributed by atoms with van der Waals surface area (Å²) in [5, 5.41) is 9.04. The van der Waals surface area contributed by atoms with Crippen LogP contribution in [0.1, 0.15) is 12.6 Å². The zero-order valence-corrected chi connectivity index (χ0v) is 9.63. The summed E-state index contributed by atoms with van der Waals surface area (Å²) in [4.78, 5) is 17.2. The summed E-state index contributed by atoms with van der Waals surface area (Å²) in [5.41, 5.74) is 1.12. The average Bonchev–Trinajstić information content (AvgIpc) is 2.75. The third-order valence-electron chi connectivity index (χ3n) is 3.31. The van der Waals surface area contributed by atoms with E-state index in [1.807, 2.05) is 24.7 Å². The SMILES string of the molecule is C[C@@H]1CN(Cc2cncn2C)C[C@H]1C(=O)O. The molecule has 2 atom stereocenters. The predicted octanol–water partition coefficient (Wildman–Crippen LogP) is 0.573. The van der Waals surface area contributed by atoms with Crippen LogP contribution in [0.4, 0.5) is 0 Å². The van der Waals surface area contributed by atoms with Crippen LogP contribution in [0.5, 0.6) is 0 Å². The van der Waals surface area contributed by atoms with E-state index in [9.17, 15) is 4.79 Å². The van der Waals surface area contributed by atoms with Gasteiger partial charge in [-0.1, -0.05) is 6.92 Å². The van der Waals surface area contributed by atoms with Gasteiger partial charge in [0.1, 0.15) is 0 Å². The fraction of sp³-hybridized carbons (Fsp3) is 0.636. The number of imidazole rings is 1. The van der Waals surface area contributed by atoms with Crippen LogP contribution in [0, 0.1) is 11.8 Å². The van der Waals surface area contributed by atoms with E-state index in [-0.39, 0.29) is 11.8 Å². The Hall–Kier alpha value is -1.36. The number of hydrogen-bond donors (Lipinski definition) is 1. The van der Waals surface area contributed by atoms with Gasteiger partial charge in [-0.2, -0.15) is 0 Å². The molecule has 0 amide bonds. The number of carboxylic acid groups (broad SMARTS) is 1. The van der Waals surface area contributed by atoms with Crippen LogP contribution >= 0.6 is 0 Å². The molecule has 5 heteroatoms. The highest BCUT2D eigenvalue weighted by atomic mass is 16.4. The maximum Gasteiger partial charge on any atom is 0.308 e. The molecule has 5 nitrogen and oxygen atoms in total. The maximum absolute atomic E-state index is 11.0. The van der Waals surface area contributed by atoms with Crippen molar-refractivity contribution < 1.29 is 9.90 Å². The summed E-state index contributed by atoms with van der Waals surface area (Å²) >= 11 is 0. The Morgan fingerprint density at radius 3 is 2.88 bits per heavy atom. The molecular weight excluding hydrogens is 206 g/mol. The molecule has 0 aromatic carbocycles. The van der Waals surface area contributed by atoms with E-state index in [0.29, 0.717) is 6.54 Å². The first-order chi connectivity index (χ1) is 7.58. The highest BCUT2D eigenvalue weighted by Crippen LogP contribution is 2.24. The minimum absolute atomic E-state index is 0.228. The average molecular weight is 223 g/mol. The first-order valence-electron chi connectivity index (χ1n) is 5.48. The van der Waals surface area contributed by atoms with Gasteiger partial charge < -0.3 is 9.67 Å². The summed E-state index contributed by atoms with van der Waals surface area (Å²) in [6.45, 7) is 4.27. The molecule has 1 aliphatic heterocycles.